The first-order valence-electron chi connectivity index (χ1n) is 13.9. The summed E-state index contributed by atoms with van der Waals surface area (Å²) < 4.78 is 81.5. The van der Waals surface area contributed by atoms with E-state index in [1.54, 1.807) is 0 Å². The second-order valence-electron chi connectivity index (χ2n) is 13.0. The van der Waals surface area contributed by atoms with Crippen LogP contribution in [0.25, 0.3) is 11.1 Å². The number of rotatable bonds is 5. The highest BCUT2D eigenvalue weighted by molar-refractivity contribution is 5.83. The van der Waals surface area contributed by atoms with Crippen LogP contribution in [-0.4, -0.2) is 10.2 Å². The molecule has 0 heterocycles. The van der Waals surface area contributed by atoms with Gasteiger partial charge >= 0.3 is 12.4 Å². The van der Waals surface area contributed by atoms with Crippen molar-refractivity contribution in [3.8, 4) is 11.5 Å². The van der Waals surface area contributed by atoms with E-state index in [-0.39, 0.29) is 33.5 Å². The first-order chi connectivity index (χ1) is 19.2. The van der Waals surface area contributed by atoms with E-state index >= 15 is 0 Å². The van der Waals surface area contributed by atoms with Crippen molar-refractivity contribution in [3.05, 3.63) is 93.1 Å². The fourth-order valence-corrected chi connectivity index (χ4v) is 6.02. The van der Waals surface area contributed by atoms with Crippen molar-refractivity contribution >= 4 is 11.1 Å². The van der Waals surface area contributed by atoms with Gasteiger partial charge in [-0.15, -0.1) is 0 Å². The first-order valence-corrected chi connectivity index (χ1v) is 13.9. The molecule has 2 aliphatic rings. The van der Waals surface area contributed by atoms with Crippen LogP contribution in [0.5, 0.6) is 11.5 Å². The number of alkyl halides is 6. The van der Waals surface area contributed by atoms with Gasteiger partial charge in [0.05, 0.1) is 11.1 Å². The van der Waals surface area contributed by atoms with Crippen LogP contribution in [0.3, 0.4) is 0 Å². The minimum Gasteiger partial charge on any atom is -0.507 e. The fourth-order valence-electron chi connectivity index (χ4n) is 6.02. The van der Waals surface area contributed by atoms with Crippen LogP contribution in [0, 0.1) is 10.8 Å². The zero-order valence-electron chi connectivity index (χ0n) is 24.6. The highest BCUT2D eigenvalue weighted by Gasteiger charge is 2.36. The van der Waals surface area contributed by atoms with E-state index in [4.69, 9.17) is 0 Å². The summed E-state index contributed by atoms with van der Waals surface area (Å²) in [6.07, 6.45) is -3.73. The van der Waals surface area contributed by atoms with Crippen molar-refractivity contribution in [1.29, 1.82) is 0 Å². The highest BCUT2D eigenvalue weighted by atomic mass is 19.4. The molecule has 0 aromatic heterocycles. The molecule has 42 heavy (non-hydrogen) atoms. The monoisotopic (exact) mass is 590 g/mol. The summed E-state index contributed by atoms with van der Waals surface area (Å²) in [6, 6.07) is 5.78. The summed E-state index contributed by atoms with van der Waals surface area (Å²) in [4.78, 5) is 0. The van der Waals surface area contributed by atoms with Gasteiger partial charge in [0.1, 0.15) is 11.5 Å². The Morgan fingerprint density at radius 2 is 0.905 bits per heavy atom. The number of allylic oxidation sites excluding steroid dienone is 8. The summed E-state index contributed by atoms with van der Waals surface area (Å²) in [6.45, 7) is 12.1. The zero-order valence-corrected chi connectivity index (χ0v) is 24.6. The molecule has 2 nitrogen and oxygen atoms in total. The zero-order chi connectivity index (χ0) is 31.4. The fraction of sp³-hybridized carbons (Fsp3) is 0.412. The minimum atomic E-state index is -4.58. The summed E-state index contributed by atoms with van der Waals surface area (Å²) in [5, 5.41) is 21.3. The quantitative estimate of drug-likeness (QED) is 0.340. The maximum absolute atomic E-state index is 13.6. The topological polar surface area (TPSA) is 40.5 Å². The average molecular weight is 591 g/mol. The third-order valence-corrected chi connectivity index (χ3v) is 7.94. The predicted octanol–water partition coefficient (Wildman–Crippen LogP) is 10.9. The molecule has 0 fully saturated rings. The van der Waals surface area contributed by atoms with Crippen molar-refractivity contribution < 1.29 is 36.6 Å². The summed E-state index contributed by atoms with van der Waals surface area (Å²) >= 11 is 0. The number of hydrogen-bond acceptors (Lipinski definition) is 2. The second-order valence-corrected chi connectivity index (χ2v) is 13.0. The first kappa shape index (κ1) is 31.5. The number of phenols is 2. The van der Waals surface area contributed by atoms with Gasteiger partial charge in [0.25, 0.3) is 0 Å². The van der Waals surface area contributed by atoms with E-state index in [0.29, 0.717) is 36.8 Å². The summed E-state index contributed by atoms with van der Waals surface area (Å²) in [5.41, 5.74) is 2.60. The predicted molar refractivity (Wildman–Crippen MR) is 154 cm³/mol. The van der Waals surface area contributed by atoms with Crippen molar-refractivity contribution in [2.45, 2.75) is 79.6 Å². The SMILES string of the molecule is CC(C)(C)C1=CCC(c2cc(C(F)(F)F)ccc2O)=C1CCC1=C(c2cc(C(F)(F)F)ccc2O)CC=C1C(C)(C)C. The van der Waals surface area contributed by atoms with Gasteiger partial charge in [0, 0.05) is 11.1 Å². The molecule has 0 atom stereocenters. The molecule has 0 amide bonds. The molecular formula is C34H36F6O2. The molecule has 2 N–H and O–H groups in total. The van der Waals surface area contributed by atoms with E-state index in [1.165, 1.54) is 0 Å². The van der Waals surface area contributed by atoms with Crippen LogP contribution >= 0.6 is 0 Å². The molecular weight excluding hydrogens is 554 g/mol. The van der Waals surface area contributed by atoms with Crippen LogP contribution in [0.4, 0.5) is 26.3 Å². The molecule has 0 radical (unpaired) electrons. The number of halogens is 6. The number of phenolic OH excluding ortho intramolecular Hbond substituents is 2. The third-order valence-electron chi connectivity index (χ3n) is 7.94. The van der Waals surface area contributed by atoms with Gasteiger partial charge in [-0.3, -0.25) is 0 Å². The van der Waals surface area contributed by atoms with Crippen molar-refractivity contribution in [3.63, 3.8) is 0 Å². The van der Waals surface area contributed by atoms with Gasteiger partial charge in [-0.1, -0.05) is 53.7 Å². The molecule has 0 aliphatic heterocycles. The maximum Gasteiger partial charge on any atom is 0.416 e. The van der Waals surface area contributed by atoms with Gasteiger partial charge in [0.2, 0.25) is 0 Å². The van der Waals surface area contributed by atoms with Crippen LogP contribution < -0.4 is 0 Å². The van der Waals surface area contributed by atoms with Crippen molar-refractivity contribution in [2.24, 2.45) is 10.8 Å². The Balaban J connectivity index is 1.85. The lowest BCUT2D eigenvalue weighted by atomic mass is 9.77. The molecule has 226 valence electrons. The molecule has 0 bridgehead atoms. The minimum absolute atomic E-state index is 0.123. The lowest BCUT2D eigenvalue weighted by Crippen LogP contribution is -2.13. The number of aromatic hydroxyl groups is 2. The molecule has 0 unspecified atom stereocenters. The van der Waals surface area contributed by atoms with E-state index in [0.717, 1.165) is 58.7 Å². The van der Waals surface area contributed by atoms with Gasteiger partial charge < -0.3 is 10.2 Å². The summed E-state index contributed by atoms with van der Waals surface area (Å²) in [5.74, 6) is -0.493. The maximum atomic E-state index is 13.6. The smallest absolute Gasteiger partial charge is 0.416 e. The molecule has 2 aromatic rings. The van der Waals surface area contributed by atoms with Crippen LogP contribution in [-0.2, 0) is 12.4 Å². The molecule has 2 aromatic carbocycles. The van der Waals surface area contributed by atoms with Gasteiger partial charge in [-0.25, -0.2) is 0 Å². The Labute approximate surface area is 242 Å². The summed E-state index contributed by atoms with van der Waals surface area (Å²) in [7, 11) is 0. The van der Waals surface area contributed by atoms with E-state index in [2.05, 4.69) is 0 Å². The van der Waals surface area contributed by atoms with Crippen molar-refractivity contribution in [2.75, 3.05) is 0 Å². The standard InChI is InChI=1S/C34H36F6O2/c1-31(2,3)27-13-11-21(25-17-19(33(35,36)37)7-15-29(25)41)23(27)9-10-24-22(12-14-28(24)32(4,5)6)26-18-20(34(38,39)40)8-16-30(26)42/h7-8,13-18,41-42H,9-12H2,1-6H3. The molecule has 2 aliphatic carbocycles. The molecule has 0 saturated carbocycles. The van der Waals surface area contributed by atoms with Crippen molar-refractivity contribution in [1.82, 2.24) is 0 Å². The van der Waals surface area contributed by atoms with E-state index in [1.807, 2.05) is 53.7 Å². The molecule has 0 spiro atoms. The lowest BCUT2D eigenvalue weighted by Gasteiger charge is -2.27. The van der Waals surface area contributed by atoms with E-state index < -0.39 is 23.5 Å². The van der Waals surface area contributed by atoms with Gasteiger partial charge in [-0.2, -0.15) is 26.3 Å². The Morgan fingerprint density at radius 3 is 1.19 bits per heavy atom. The van der Waals surface area contributed by atoms with Crippen LogP contribution in [0.1, 0.15) is 89.5 Å². The lowest BCUT2D eigenvalue weighted by molar-refractivity contribution is -0.138. The normalized spacial score (nSPS) is 16.9. The van der Waals surface area contributed by atoms with Crippen LogP contribution in [0.2, 0.25) is 0 Å². The Morgan fingerprint density at radius 1 is 0.571 bits per heavy atom. The van der Waals surface area contributed by atoms with E-state index in [9.17, 15) is 36.6 Å². The largest absolute Gasteiger partial charge is 0.507 e. The molecule has 4 rings (SSSR count). The number of benzene rings is 2. The Kier molecular flexibility index (Phi) is 8.02. The highest BCUT2D eigenvalue weighted by Crippen LogP contribution is 2.51. The Hall–Kier alpha value is -3.42. The number of hydrogen-bond donors (Lipinski definition) is 2. The average Bonchev–Trinajstić information content (AvgIpc) is 3.46. The van der Waals surface area contributed by atoms with Gasteiger partial charge in [-0.05, 0) is 106 Å². The Bertz CT molecular complexity index is 1400. The molecule has 0 saturated heterocycles. The van der Waals surface area contributed by atoms with Gasteiger partial charge in [0.15, 0.2) is 0 Å². The third kappa shape index (κ3) is 6.32. The second kappa shape index (κ2) is 10.7. The molecule has 8 heteroatoms. The van der Waals surface area contributed by atoms with Crippen LogP contribution in [0.15, 0.2) is 70.8 Å².